The van der Waals surface area contributed by atoms with E-state index in [0.29, 0.717) is 12.3 Å². The van der Waals surface area contributed by atoms with Crippen molar-refractivity contribution in [3.63, 3.8) is 0 Å². The predicted molar refractivity (Wildman–Crippen MR) is 82.2 cm³/mol. The van der Waals surface area contributed by atoms with Gasteiger partial charge in [-0.1, -0.05) is 20.3 Å². The minimum Gasteiger partial charge on any atom is -0.494 e. The first-order valence-electron chi connectivity index (χ1n) is 7.07. The summed E-state index contributed by atoms with van der Waals surface area (Å²) in [6, 6.07) is 5.70. The molecule has 0 heterocycles. The molecule has 1 aromatic carbocycles. The molecule has 0 aliphatic heterocycles. The van der Waals surface area contributed by atoms with Gasteiger partial charge in [0.1, 0.15) is 11.8 Å². The maximum atomic E-state index is 12.2. The van der Waals surface area contributed by atoms with Crippen LogP contribution < -0.4 is 21.1 Å². The molecular weight excluding hydrogens is 270 g/mol. The molecule has 0 radical (unpaired) electrons. The fourth-order valence-electron chi connectivity index (χ4n) is 1.88. The first kappa shape index (κ1) is 16.8. The summed E-state index contributed by atoms with van der Waals surface area (Å²) in [5.41, 5.74) is 5.77. The Labute approximate surface area is 125 Å². The van der Waals surface area contributed by atoms with Gasteiger partial charge in [0.25, 0.3) is 0 Å². The van der Waals surface area contributed by atoms with Crippen molar-refractivity contribution in [1.82, 2.24) is 5.32 Å². The first-order chi connectivity index (χ1) is 9.97. The SMILES string of the molecule is CCOc1ccc(NC(=O)C(NC(N)=O)C(C)CC)cc1. The molecular formula is C15H23N3O3. The Balaban J connectivity index is 2.73. The predicted octanol–water partition coefficient (Wildman–Crippen LogP) is 2.11. The van der Waals surface area contributed by atoms with Gasteiger partial charge in [-0.25, -0.2) is 4.79 Å². The average Bonchev–Trinajstić information content (AvgIpc) is 2.46. The van der Waals surface area contributed by atoms with Gasteiger partial charge >= 0.3 is 6.03 Å². The molecule has 2 unspecified atom stereocenters. The maximum Gasteiger partial charge on any atom is 0.312 e. The lowest BCUT2D eigenvalue weighted by Gasteiger charge is -2.22. The van der Waals surface area contributed by atoms with E-state index in [2.05, 4.69) is 10.6 Å². The zero-order valence-electron chi connectivity index (χ0n) is 12.7. The topological polar surface area (TPSA) is 93.4 Å². The molecule has 0 bridgehead atoms. The molecule has 1 rings (SSSR count). The van der Waals surface area contributed by atoms with Gasteiger partial charge in [-0.05, 0) is 37.1 Å². The monoisotopic (exact) mass is 293 g/mol. The number of benzene rings is 1. The quantitative estimate of drug-likeness (QED) is 0.718. The molecule has 0 fully saturated rings. The third-order valence-electron chi connectivity index (χ3n) is 3.23. The van der Waals surface area contributed by atoms with Crippen molar-refractivity contribution in [3.8, 4) is 5.75 Å². The number of anilines is 1. The average molecular weight is 293 g/mol. The van der Waals surface area contributed by atoms with Crippen LogP contribution in [0.2, 0.25) is 0 Å². The molecule has 6 heteroatoms. The highest BCUT2D eigenvalue weighted by atomic mass is 16.5. The number of carbonyl (C=O) groups is 2. The fraction of sp³-hybridized carbons (Fsp3) is 0.467. The van der Waals surface area contributed by atoms with Crippen molar-refractivity contribution in [2.75, 3.05) is 11.9 Å². The summed E-state index contributed by atoms with van der Waals surface area (Å²) < 4.78 is 5.34. The van der Waals surface area contributed by atoms with E-state index < -0.39 is 12.1 Å². The molecule has 0 spiro atoms. The van der Waals surface area contributed by atoms with Crippen LogP contribution >= 0.6 is 0 Å². The van der Waals surface area contributed by atoms with Crippen molar-refractivity contribution in [2.45, 2.75) is 33.2 Å². The summed E-state index contributed by atoms with van der Waals surface area (Å²) in [4.78, 5) is 23.3. The van der Waals surface area contributed by atoms with Crippen LogP contribution in [0.5, 0.6) is 5.75 Å². The van der Waals surface area contributed by atoms with Gasteiger partial charge in [-0.15, -0.1) is 0 Å². The second kappa shape index (κ2) is 8.14. The van der Waals surface area contributed by atoms with E-state index in [0.717, 1.165) is 12.2 Å². The van der Waals surface area contributed by atoms with E-state index in [1.807, 2.05) is 20.8 Å². The second-order valence-electron chi connectivity index (χ2n) is 4.82. The van der Waals surface area contributed by atoms with Gasteiger partial charge in [0.2, 0.25) is 5.91 Å². The van der Waals surface area contributed by atoms with Crippen molar-refractivity contribution < 1.29 is 14.3 Å². The van der Waals surface area contributed by atoms with Gasteiger partial charge in [0.05, 0.1) is 6.61 Å². The van der Waals surface area contributed by atoms with E-state index in [-0.39, 0.29) is 11.8 Å². The lowest BCUT2D eigenvalue weighted by molar-refractivity contribution is -0.119. The van der Waals surface area contributed by atoms with Crippen LogP contribution in [0.25, 0.3) is 0 Å². The maximum absolute atomic E-state index is 12.2. The highest BCUT2D eigenvalue weighted by Crippen LogP contribution is 2.17. The molecule has 4 N–H and O–H groups in total. The van der Waals surface area contributed by atoms with Crippen LogP contribution in [-0.4, -0.2) is 24.6 Å². The van der Waals surface area contributed by atoms with E-state index >= 15 is 0 Å². The second-order valence-corrected chi connectivity index (χ2v) is 4.82. The highest BCUT2D eigenvalue weighted by Gasteiger charge is 2.25. The normalized spacial score (nSPS) is 13.1. The van der Waals surface area contributed by atoms with Crippen molar-refractivity contribution in [2.24, 2.45) is 11.7 Å². The van der Waals surface area contributed by atoms with E-state index in [1.165, 1.54) is 0 Å². The Hall–Kier alpha value is -2.24. The van der Waals surface area contributed by atoms with E-state index in [4.69, 9.17) is 10.5 Å². The summed E-state index contributed by atoms with van der Waals surface area (Å²) in [6.45, 7) is 6.33. The van der Waals surface area contributed by atoms with Crippen molar-refractivity contribution in [1.29, 1.82) is 0 Å². The highest BCUT2D eigenvalue weighted by molar-refractivity contribution is 5.97. The van der Waals surface area contributed by atoms with Crippen LogP contribution in [-0.2, 0) is 4.79 Å². The van der Waals surface area contributed by atoms with Gasteiger partial charge in [0, 0.05) is 5.69 Å². The molecule has 116 valence electrons. The number of carbonyl (C=O) groups excluding carboxylic acids is 2. The number of hydrogen-bond donors (Lipinski definition) is 3. The number of rotatable bonds is 7. The van der Waals surface area contributed by atoms with Crippen LogP contribution in [0.1, 0.15) is 27.2 Å². The summed E-state index contributed by atoms with van der Waals surface area (Å²) in [5.74, 6) is 0.441. The molecule has 0 aromatic heterocycles. The third kappa shape index (κ3) is 5.33. The number of ether oxygens (including phenoxy) is 1. The summed E-state index contributed by atoms with van der Waals surface area (Å²) >= 11 is 0. The number of nitrogens with two attached hydrogens (primary N) is 1. The number of urea groups is 1. The van der Waals surface area contributed by atoms with Gasteiger partial charge < -0.3 is 21.1 Å². The number of hydrogen-bond acceptors (Lipinski definition) is 3. The molecule has 0 saturated carbocycles. The van der Waals surface area contributed by atoms with Crippen LogP contribution in [0, 0.1) is 5.92 Å². The molecule has 0 saturated heterocycles. The van der Waals surface area contributed by atoms with Crippen LogP contribution in [0.4, 0.5) is 10.5 Å². The van der Waals surface area contributed by atoms with Crippen molar-refractivity contribution >= 4 is 17.6 Å². The number of nitrogens with one attached hydrogen (secondary N) is 2. The Morgan fingerprint density at radius 2 is 1.86 bits per heavy atom. The Morgan fingerprint density at radius 1 is 1.24 bits per heavy atom. The Bertz CT molecular complexity index is 474. The lowest BCUT2D eigenvalue weighted by Crippen LogP contribution is -2.49. The minimum atomic E-state index is -0.706. The van der Waals surface area contributed by atoms with Crippen LogP contribution in [0.3, 0.4) is 0 Å². The molecule has 3 amide bonds. The largest absolute Gasteiger partial charge is 0.494 e. The third-order valence-corrected chi connectivity index (χ3v) is 3.23. The van der Waals surface area contributed by atoms with Gasteiger partial charge in [-0.3, -0.25) is 4.79 Å². The zero-order valence-corrected chi connectivity index (χ0v) is 12.7. The smallest absolute Gasteiger partial charge is 0.312 e. The van der Waals surface area contributed by atoms with Gasteiger partial charge in [0.15, 0.2) is 0 Å². The van der Waals surface area contributed by atoms with Crippen molar-refractivity contribution in [3.05, 3.63) is 24.3 Å². The Kier molecular flexibility index (Phi) is 6.52. The first-order valence-corrected chi connectivity index (χ1v) is 7.07. The molecule has 0 aliphatic rings. The minimum absolute atomic E-state index is 0.0137. The summed E-state index contributed by atoms with van der Waals surface area (Å²) in [7, 11) is 0. The molecule has 2 atom stereocenters. The molecule has 21 heavy (non-hydrogen) atoms. The van der Waals surface area contributed by atoms with E-state index in [9.17, 15) is 9.59 Å². The molecule has 1 aromatic rings. The molecule has 0 aliphatic carbocycles. The fourth-order valence-corrected chi connectivity index (χ4v) is 1.88. The molecule has 6 nitrogen and oxygen atoms in total. The van der Waals surface area contributed by atoms with Crippen LogP contribution in [0.15, 0.2) is 24.3 Å². The number of amides is 3. The summed E-state index contributed by atoms with van der Waals surface area (Å²) in [5, 5.41) is 5.25. The summed E-state index contributed by atoms with van der Waals surface area (Å²) in [6.07, 6.45) is 0.752. The zero-order chi connectivity index (χ0) is 15.8. The lowest BCUT2D eigenvalue weighted by atomic mass is 9.98. The van der Waals surface area contributed by atoms with E-state index in [1.54, 1.807) is 24.3 Å². The van der Waals surface area contributed by atoms with Gasteiger partial charge in [-0.2, -0.15) is 0 Å². The number of primary amides is 1. The Morgan fingerprint density at radius 3 is 2.33 bits per heavy atom. The standard InChI is InChI=1S/C15H23N3O3/c1-4-10(3)13(18-15(16)20)14(19)17-11-6-8-12(9-7-11)21-5-2/h6-10,13H,4-5H2,1-3H3,(H,17,19)(H3,16,18,20).